The van der Waals surface area contributed by atoms with E-state index in [4.69, 9.17) is 0 Å². The molecule has 0 N–H and O–H groups in total. The molecule has 0 aromatic rings. The summed E-state index contributed by atoms with van der Waals surface area (Å²) in [5, 5.41) is 0. The van der Waals surface area contributed by atoms with Gasteiger partial charge < -0.3 is 0 Å². The summed E-state index contributed by atoms with van der Waals surface area (Å²) in [4.78, 5) is 4.38. The van der Waals surface area contributed by atoms with Gasteiger partial charge in [0, 0.05) is 11.4 Å². The first-order valence-electron chi connectivity index (χ1n) is 4.86. The van der Waals surface area contributed by atoms with E-state index < -0.39 is 0 Å². The molecule has 0 fully saturated rings. The first kappa shape index (κ1) is 13.0. The van der Waals surface area contributed by atoms with Crippen molar-refractivity contribution in [3.8, 4) is 0 Å². The first-order valence-corrected chi connectivity index (χ1v) is 4.86. The van der Waals surface area contributed by atoms with Gasteiger partial charge in [0.25, 0.3) is 0 Å². The summed E-state index contributed by atoms with van der Waals surface area (Å²) >= 11 is 0. The zero-order valence-corrected chi connectivity index (χ0v) is 10.1. The van der Waals surface area contributed by atoms with Crippen molar-refractivity contribution < 1.29 is 0 Å². The third-order valence-corrected chi connectivity index (χ3v) is 1.88. The van der Waals surface area contributed by atoms with E-state index in [1.807, 2.05) is 20.8 Å². The van der Waals surface area contributed by atoms with Gasteiger partial charge in [0.15, 0.2) is 7.28 Å². The maximum Gasteiger partial charge on any atom is 0.188 e. The number of allylic oxidation sites excluding steroid dienone is 4. The lowest BCUT2D eigenvalue weighted by molar-refractivity contribution is 1.30. The van der Waals surface area contributed by atoms with Crippen molar-refractivity contribution in [2.24, 2.45) is 4.99 Å². The smallest absolute Gasteiger partial charge is 0.188 e. The molecule has 0 aliphatic rings. The van der Waals surface area contributed by atoms with Gasteiger partial charge in [-0.2, -0.15) is 0 Å². The fraction of sp³-hybridized carbons (Fsp3) is 0.417. The normalized spacial score (nSPS) is 10.8. The van der Waals surface area contributed by atoms with Gasteiger partial charge >= 0.3 is 0 Å². The minimum absolute atomic E-state index is 0.850. The molecule has 76 valence electrons. The first-order chi connectivity index (χ1) is 6.34. The van der Waals surface area contributed by atoms with Gasteiger partial charge in [0.05, 0.1) is 0 Å². The topological polar surface area (TPSA) is 12.4 Å². The van der Waals surface area contributed by atoms with Crippen LogP contribution in [-0.2, 0) is 0 Å². The lowest BCUT2D eigenvalue weighted by Crippen LogP contribution is -2.09. The summed E-state index contributed by atoms with van der Waals surface area (Å²) < 4.78 is 0. The molecule has 0 aromatic carbocycles. The van der Waals surface area contributed by atoms with Gasteiger partial charge in [-0.25, -0.2) is 0 Å². The maximum atomic E-state index is 4.38. The largest absolute Gasteiger partial charge is 0.260 e. The molecule has 2 heteroatoms. The van der Waals surface area contributed by atoms with Gasteiger partial charge in [-0.1, -0.05) is 24.5 Å². The Morgan fingerprint density at radius 2 is 1.50 bits per heavy atom. The fourth-order valence-electron chi connectivity index (χ4n) is 1.32. The predicted molar refractivity (Wildman–Crippen MR) is 68.3 cm³/mol. The van der Waals surface area contributed by atoms with E-state index in [-0.39, 0.29) is 0 Å². The van der Waals surface area contributed by atoms with Crippen LogP contribution in [-0.4, -0.2) is 13.0 Å². The van der Waals surface area contributed by atoms with E-state index in [2.05, 4.69) is 32.0 Å². The highest BCUT2D eigenvalue weighted by atomic mass is 14.7. The number of aliphatic imine (C=N–C) groups is 1. The number of rotatable bonds is 4. The van der Waals surface area contributed by atoms with Crippen molar-refractivity contribution in [2.45, 2.75) is 34.6 Å². The lowest BCUT2D eigenvalue weighted by Gasteiger charge is -2.08. The molecule has 0 bridgehead atoms. The van der Waals surface area contributed by atoms with Gasteiger partial charge in [0.1, 0.15) is 0 Å². The molecule has 14 heavy (non-hydrogen) atoms. The predicted octanol–water partition coefficient (Wildman–Crippen LogP) is 3.24. The van der Waals surface area contributed by atoms with Crippen LogP contribution in [0.5, 0.6) is 0 Å². The van der Waals surface area contributed by atoms with E-state index in [9.17, 15) is 0 Å². The standard InChI is InChI=1S/C12H20BN/c1-8(2)12(13-9(3)4)11(7)14-10(5)6/h13H,3,5H2,1-2,4,6-7H3/b14-11-. The Balaban J connectivity index is 4.96. The summed E-state index contributed by atoms with van der Waals surface area (Å²) in [5.74, 6) is 0. The SMILES string of the molecule is C=C(C)BC(=C(C)C)/C(C)=N\C(=C)C. The van der Waals surface area contributed by atoms with E-state index >= 15 is 0 Å². The maximum absolute atomic E-state index is 4.38. The highest BCUT2D eigenvalue weighted by Gasteiger charge is 2.06. The zero-order chi connectivity index (χ0) is 11.3. The minimum atomic E-state index is 0.850. The average Bonchev–Trinajstić information content (AvgIpc) is 1.97. The second kappa shape index (κ2) is 5.64. The van der Waals surface area contributed by atoms with Crippen molar-refractivity contribution >= 4 is 13.0 Å². The van der Waals surface area contributed by atoms with Gasteiger partial charge in [-0.15, -0.1) is 12.1 Å². The third-order valence-electron chi connectivity index (χ3n) is 1.88. The van der Waals surface area contributed by atoms with Crippen LogP contribution in [0.2, 0.25) is 0 Å². The number of hydrogen-bond donors (Lipinski definition) is 0. The molecule has 1 nitrogen and oxygen atoms in total. The number of hydrogen-bond acceptors (Lipinski definition) is 1. The van der Waals surface area contributed by atoms with Crippen molar-refractivity contribution in [3.63, 3.8) is 0 Å². The molecule has 0 radical (unpaired) electrons. The van der Waals surface area contributed by atoms with Crippen molar-refractivity contribution in [1.29, 1.82) is 0 Å². The van der Waals surface area contributed by atoms with Crippen LogP contribution in [0.3, 0.4) is 0 Å². The van der Waals surface area contributed by atoms with Gasteiger partial charge in [-0.3, -0.25) is 4.99 Å². The third kappa shape index (κ3) is 4.85. The molecule has 0 atom stereocenters. The van der Waals surface area contributed by atoms with Crippen LogP contribution < -0.4 is 0 Å². The monoisotopic (exact) mass is 189 g/mol. The molecule has 0 amide bonds. The summed E-state index contributed by atoms with van der Waals surface area (Å²) in [6, 6.07) is 0. The highest BCUT2D eigenvalue weighted by molar-refractivity contribution is 6.61. The molecule has 0 rings (SSSR count). The van der Waals surface area contributed by atoms with Crippen molar-refractivity contribution in [3.05, 3.63) is 35.4 Å². The molecular weight excluding hydrogens is 169 g/mol. The summed E-state index contributed by atoms with van der Waals surface area (Å²) in [5.41, 5.74) is 5.65. The lowest BCUT2D eigenvalue weighted by atomic mass is 9.61. The summed E-state index contributed by atoms with van der Waals surface area (Å²) in [7, 11) is 0.908. The molecule has 0 aromatic heterocycles. The Kier molecular flexibility index (Phi) is 5.22. The second-order valence-electron chi connectivity index (χ2n) is 4.04. The Bertz CT molecular complexity index is 304. The summed E-state index contributed by atoms with van der Waals surface area (Å²) in [6.07, 6.45) is 0. The Morgan fingerprint density at radius 3 is 1.79 bits per heavy atom. The molecule has 0 saturated heterocycles. The Morgan fingerprint density at radius 1 is 1.00 bits per heavy atom. The Hall–Kier alpha value is -1.05. The fourth-order valence-corrected chi connectivity index (χ4v) is 1.32. The number of nitrogens with zero attached hydrogens (tertiary/aromatic N) is 1. The Labute approximate surface area is 88.6 Å². The molecular formula is C12H20BN. The van der Waals surface area contributed by atoms with E-state index in [1.165, 1.54) is 11.0 Å². The second-order valence-corrected chi connectivity index (χ2v) is 4.04. The zero-order valence-electron chi connectivity index (χ0n) is 10.1. The molecule has 0 aliphatic heterocycles. The molecule has 0 spiro atoms. The van der Waals surface area contributed by atoms with Crippen LogP contribution in [0.1, 0.15) is 34.6 Å². The summed E-state index contributed by atoms with van der Waals surface area (Å²) in [6.45, 7) is 17.9. The van der Waals surface area contributed by atoms with E-state index in [0.717, 1.165) is 24.2 Å². The highest BCUT2D eigenvalue weighted by Crippen LogP contribution is 2.09. The van der Waals surface area contributed by atoms with Gasteiger partial charge in [-0.05, 0) is 27.7 Å². The minimum Gasteiger partial charge on any atom is -0.260 e. The van der Waals surface area contributed by atoms with Gasteiger partial charge in [0.2, 0.25) is 0 Å². The van der Waals surface area contributed by atoms with Crippen molar-refractivity contribution in [2.75, 3.05) is 0 Å². The molecule has 0 aliphatic carbocycles. The molecule has 0 saturated carbocycles. The molecule has 0 unspecified atom stereocenters. The van der Waals surface area contributed by atoms with Crippen LogP contribution >= 0.6 is 0 Å². The molecule has 0 heterocycles. The quantitative estimate of drug-likeness (QED) is 0.475. The van der Waals surface area contributed by atoms with E-state index in [1.54, 1.807) is 0 Å². The van der Waals surface area contributed by atoms with Crippen LogP contribution in [0, 0.1) is 0 Å². The van der Waals surface area contributed by atoms with Crippen LogP contribution in [0.25, 0.3) is 0 Å². The van der Waals surface area contributed by atoms with Crippen LogP contribution in [0.4, 0.5) is 0 Å². The van der Waals surface area contributed by atoms with E-state index in [0.29, 0.717) is 0 Å². The van der Waals surface area contributed by atoms with Crippen LogP contribution in [0.15, 0.2) is 40.4 Å². The average molecular weight is 189 g/mol. The van der Waals surface area contributed by atoms with Crippen molar-refractivity contribution in [1.82, 2.24) is 0 Å².